The number of aromatic nitrogens is 1. The second kappa shape index (κ2) is 17.1. The van der Waals surface area contributed by atoms with Gasteiger partial charge in [0.15, 0.2) is 0 Å². The molecule has 1 amide bonds. The van der Waals surface area contributed by atoms with Gasteiger partial charge in [0.2, 0.25) is 11.8 Å². The number of carbonyl (C=O) groups excluding carboxylic acids is 2. The van der Waals surface area contributed by atoms with Crippen LogP contribution in [-0.4, -0.2) is 36.6 Å². The number of methoxy groups -OCH3 is 1. The summed E-state index contributed by atoms with van der Waals surface area (Å²) in [5, 5.41) is 2.94. The highest BCUT2D eigenvalue weighted by molar-refractivity contribution is 5.87. The van der Waals surface area contributed by atoms with Crippen LogP contribution < -0.4 is 14.8 Å². The Balaban J connectivity index is 1.13. The summed E-state index contributed by atoms with van der Waals surface area (Å²) < 4.78 is 17.1. The van der Waals surface area contributed by atoms with E-state index >= 15 is 0 Å². The summed E-state index contributed by atoms with van der Waals surface area (Å²) >= 11 is 0. The SMILES string of the molecule is COC(=O)[C@H](Cc1ccc(OCc2ccccc2)cc1)NC(=O)C(C)(C)CCCCOc1cc(-c2ccccc2)cc(-c2ccccc2)n1. The van der Waals surface area contributed by atoms with E-state index in [1.165, 1.54) is 7.11 Å². The van der Waals surface area contributed by atoms with Gasteiger partial charge in [-0.25, -0.2) is 9.78 Å². The first-order chi connectivity index (χ1) is 23.8. The van der Waals surface area contributed by atoms with Gasteiger partial charge in [-0.3, -0.25) is 4.79 Å². The minimum atomic E-state index is -0.807. The molecule has 5 aromatic rings. The summed E-state index contributed by atoms with van der Waals surface area (Å²) in [6, 6.07) is 41.0. The summed E-state index contributed by atoms with van der Waals surface area (Å²) in [5.74, 6) is 0.611. The van der Waals surface area contributed by atoms with Gasteiger partial charge < -0.3 is 19.5 Å². The van der Waals surface area contributed by atoms with Gasteiger partial charge in [-0.1, -0.05) is 117 Å². The largest absolute Gasteiger partial charge is 0.489 e. The third-order valence-corrected chi connectivity index (χ3v) is 8.44. The molecule has 0 fully saturated rings. The third-order valence-electron chi connectivity index (χ3n) is 8.44. The summed E-state index contributed by atoms with van der Waals surface area (Å²) in [5.41, 5.74) is 5.27. The molecule has 0 aliphatic carbocycles. The Morgan fingerprint density at radius 3 is 2.00 bits per heavy atom. The van der Waals surface area contributed by atoms with Gasteiger partial charge in [0.05, 0.1) is 19.4 Å². The molecule has 49 heavy (non-hydrogen) atoms. The number of nitrogens with one attached hydrogen (secondary N) is 1. The molecule has 1 heterocycles. The molecule has 7 nitrogen and oxygen atoms in total. The van der Waals surface area contributed by atoms with Crippen molar-refractivity contribution in [2.24, 2.45) is 5.41 Å². The van der Waals surface area contributed by atoms with Crippen LogP contribution in [0.3, 0.4) is 0 Å². The fraction of sp³-hybridized carbons (Fsp3) is 0.262. The number of rotatable bonds is 16. The van der Waals surface area contributed by atoms with E-state index in [0.29, 0.717) is 31.9 Å². The van der Waals surface area contributed by atoms with Crippen molar-refractivity contribution in [2.75, 3.05) is 13.7 Å². The third kappa shape index (κ3) is 10.3. The molecule has 252 valence electrons. The second-order valence-corrected chi connectivity index (χ2v) is 12.7. The second-order valence-electron chi connectivity index (χ2n) is 12.7. The Bertz CT molecular complexity index is 1720. The molecule has 0 unspecified atom stereocenters. The molecule has 5 rings (SSSR count). The summed E-state index contributed by atoms with van der Waals surface area (Å²) in [4.78, 5) is 30.9. The molecule has 0 saturated carbocycles. The fourth-order valence-corrected chi connectivity index (χ4v) is 5.48. The molecule has 1 N–H and O–H groups in total. The van der Waals surface area contributed by atoms with Crippen LogP contribution in [0.4, 0.5) is 0 Å². The molecule has 7 heteroatoms. The zero-order chi connectivity index (χ0) is 34.5. The molecule has 0 radical (unpaired) electrons. The molecule has 0 saturated heterocycles. The van der Waals surface area contributed by atoms with Crippen molar-refractivity contribution in [1.82, 2.24) is 10.3 Å². The molecular formula is C42H44N2O5. The highest BCUT2D eigenvalue weighted by Crippen LogP contribution is 2.29. The van der Waals surface area contributed by atoms with Gasteiger partial charge in [0.25, 0.3) is 0 Å². The van der Waals surface area contributed by atoms with E-state index in [9.17, 15) is 9.59 Å². The van der Waals surface area contributed by atoms with Crippen molar-refractivity contribution in [3.05, 3.63) is 139 Å². The van der Waals surface area contributed by atoms with Gasteiger partial charge in [-0.2, -0.15) is 0 Å². The molecule has 0 aliphatic rings. The summed E-state index contributed by atoms with van der Waals surface area (Å²) in [6.45, 7) is 4.73. The van der Waals surface area contributed by atoms with Crippen LogP contribution >= 0.6 is 0 Å². The van der Waals surface area contributed by atoms with Gasteiger partial charge in [-0.15, -0.1) is 0 Å². The van der Waals surface area contributed by atoms with Crippen LogP contribution in [0.25, 0.3) is 22.4 Å². The first-order valence-electron chi connectivity index (χ1n) is 16.7. The highest BCUT2D eigenvalue weighted by atomic mass is 16.5. The van der Waals surface area contributed by atoms with E-state index in [4.69, 9.17) is 19.2 Å². The normalized spacial score (nSPS) is 11.7. The Kier molecular flexibility index (Phi) is 12.2. The highest BCUT2D eigenvalue weighted by Gasteiger charge is 2.31. The Hall–Kier alpha value is -5.43. The molecule has 0 spiro atoms. The van der Waals surface area contributed by atoms with E-state index in [1.807, 2.05) is 123 Å². The summed E-state index contributed by atoms with van der Waals surface area (Å²) in [6.07, 6.45) is 2.43. The van der Waals surface area contributed by atoms with Crippen LogP contribution in [0.2, 0.25) is 0 Å². The predicted octanol–water partition coefficient (Wildman–Crippen LogP) is 8.47. The standard InChI is InChI=1S/C42H44N2O5/c1-42(2,41(46)44-38(40(45)47-3)27-31-21-23-36(24-22-31)49-30-32-15-7-4-8-16-32)25-13-14-26-48-39-29-35(33-17-9-5-10-18-33)28-37(43-39)34-19-11-6-12-20-34/h4-12,15-24,28-29,38H,13-14,25-27,30H2,1-3H3,(H,44,46)/t38-/m0/s1. The lowest BCUT2D eigenvalue weighted by atomic mass is 9.85. The molecule has 0 aliphatic heterocycles. The van der Waals surface area contributed by atoms with E-state index in [2.05, 4.69) is 23.5 Å². The number of benzene rings is 4. The Labute approximate surface area is 289 Å². The zero-order valence-corrected chi connectivity index (χ0v) is 28.4. The van der Waals surface area contributed by atoms with Crippen LogP contribution in [0, 0.1) is 5.41 Å². The average Bonchev–Trinajstić information content (AvgIpc) is 3.14. The van der Waals surface area contributed by atoms with Crippen LogP contribution in [0.5, 0.6) is 11.6 Å². The molecule has 4 aromatic carbocycles. The maximum atomic E-state index is 13.4. The lowest BCUT2D eigenvalue weighted by Crippen LogP contribution is -2.48. The fourth-order valence-electron chi connectivity index (χ4n) is 5.48. The molecule has 1 aromatic heterocycles. The quantitative estimate of drug-likeness (QED) is 0.0847. The number of hydrogen-bond donors (Lipinski definition) is 1. The number of pyridine rings is 1. The van der Waals surface area contributed by atoms with E-state index in [-0.39, 0.29) is 5.91 Å². The monoisotopic (exact) mass is 656 g/mol. The number of amides is 1. The molecule has 0 bridgehead atoms. The minimum Gasteiger partial charge on any atom is -0.489 e. The van der Waals surface area contributed by atoms with Crippen molar-refractivity contribution in [2.45, 2.75) is 52.2 Å². The zero-order valence-electron chi connectivity index (χ0n) is 28.4. The first kappa shape index (κ1) is 34.9. The van der Waals surface area contributed by atoms with Crippen LogP contribution in [-0.2, 0) is 27.4 Å². The topological polar surface area (TPSA) is 86.8 Å². The van der Waals surface area contributed by atoms with Crippen LogP contribution in [0.15, 0.2) is 127 Å². The number of ether oxygens (including phenoxy) is 3. The lowest BCUT2D eigenvalue weighted by molar-refractivity contribution is -0.146. The van der Waals surface area contributed by atoms with Crippen molar-refractivity contribution in [3.8, 4) is 34.0 Å². The number of esters is 1. The van der Waals surface area contributed by atoms with E-state index in [1.54, 1.807) is 0 Å². The van der Waals surface area contributed by atoms with E-state index in [0.717, 1.165) is 52.1 Å². The lowest BCUT2D eigenvalue weighted by Gasteiger charge is -2.26. The average molecular weight is 657 g/mol. The maximum absolute atomic E-state index is 13.4. The molecular weight excluding hydrogens is 612 g/mol. The van der Waals surface area contributed by atoms with Gasteiger partial charge in [0.1, 0.15) is 18.4 Å². The van der Waals surface area contributed by atoms with Crippen molar-refractivity contribution in [3.63, 3.8) is 0 Å². The van der Waals surface area contributed by atoms with Crippen molar-refractivity contribution in [1.29, 1.82) is 0 Å². The number of nitrogens with zero attached hydrogens (tertiary/aromatic N) is 1. The number of hydrogen-bond acceptors (Lipinski definition) is 6. The predicted molar refractivity (Wildman–Crippen MR) is 193 cm³/mol. The molecule has 1 atom stereocenters. The minimum absolute atomic E-state index is 0.198. The van der Waals surface area contributed by atoms with Gasteiger partial charge >= 0.3 is 5.97 Å². The van der Waals surface area contributed by atoms with Crippen molar-refractivity contribution < 1.29 is 23.8 Å². The van der Waals surface area contributed by atoms with E-state index < -0.39 is 17.4 Å². The van der Waals surface area contributed by atoms with Crippen molar-refractivity contribution >= 4 is 11.9 Å². The van der Waals surface area contributed by atoms with Gasteiger partial charge in [0, 0.05) is 23.5 Å². The van der Waals surface area contributed by atoms with Gasteiger partial charge in [-0.05, 0) is 59.7 Å². The smallest absolute Gasteiger partial charge is 0.328 e. The van der Waals surface area contributed by atoms with Crippen LogP contribution in [0.1, 0.15) is 44.2 Å². The Morgan fingerprint density at radius 1 is 0.714 bits per heavy atom. The maximum Gasteiger partial charge on any atom is 0.328 e. The Morgan fingerprint density at radius 2 is 1.35 bits per heavy atom. The summed E-state index contributed by atoms with van der Waals surface area (Å²) in [7, 11) is 1.33. The number of unbranched alkanes of at least 4 members (excludes halogenated alkanes) is 1. The first-order valence-corrected chi connectivity index (χ1v) is 16.7. The number of carbonyl (C=O) groups is 2.